The molecule has 0 saturated heterocycles. The van der Waals surface area contributed by atoms with Crippen molar-refractivity contribution in [3.05, 3.63) is 90.6 Å². The normalized spacial score (nSPS) is 15.6. The Kier molecular flexibility index (Phi) is 5.05. The molecular formula is C24H25N3O4. The number of rotatable bonds is 2. The van der Waals surface area contributed by atoms with E-state index < -0.39 is 23.2 Å². The monoisotopic (exact) mass is 419 g/mol. The van der Waals surface area contributed by atoms with Crippen LogP contribution in [0.15, 0.2) is 46.0 Å². The quantitative estimate of drug-likeness (QED) is 0.668. The highest BCUT2D eigenvalue weighted by molar-refractivity contribution is 5.75. The van der Waals surface area contributed by atoms with E-state index in [1.165, 1.54) is 6.92 Å². The number of amides is 1. The molecular weight excluding hydrogens is 394 g/mol. The third-order valence-corrected chi connectivity index (χ3v) is 5.94. The van der Waals surface area contributed by atoms with E-state index in [4.69, 9.17) is 0 Å². The zero-order chi connectivity index (χ0) is 22.4. The molecule has 3 aromatic rings. The highest BCUT2D eigenvalue weighted by Gasteiger charge is 2.35. The first kappa shape index (κ1) is 20.7. The molecule has 7 nitrogen and oxygen atoms in total. The SMILES string of the molecule is CC(=O)N1CCc2ccccc2C1c1c(O)n(-c2c(C)cc(C)cc2C)c(=O)[nH]c1=O. The van der Waals surface area contributed by atoms with Crippen molar-refractivity contribution in [3.63, 3.8) is 0 Å². The average molecular weight is 419 g/mol. The van der Waals surface area contributed by atoms with Crippen molar-refractivity contribution in [2.75, 3.05) is 6.54 Å². The lowest BCUT2D eigenvalue weighted by Crippen LogP contribution is -2.43. The molecule has 1 atom stereocenters. The van der Waals surface area contributed by atoms with Gasteiger partial charge in [0.2, 0.25) is 11.8 Å². The van der Waals surface area contributed by atoms with Gasteiger partial charge in [-0.1, -0.05) is 42.0 Å². The Morgan fingerprint density at radius 1 is 1.10 bits per heavy atom. The number of nitrogens with zero attached hydrogens (tertiary/aromatic N) is 2. The van der Waals surface area contributed by atoms with Crippen molar-refractivity contribution in [1.82, 2.24) is 14.5 Å². The largest absolute Gasteiger partial charge is 0.494 e. The summed E-state index contributed by atoms with van der Waals surface area (Å²) in [7, 11) is 0. The first-order valence-corrected chi connectivity index (χ1v) is 10.2. The van der Waals surface area contributed by atoms with Crippen LogP contribution < -0.4 is 11.2 Å². The number of aromatic nitrogens is 2. The van der Waals surface area contributed by atoms with Crippen molar-refractivity contribution in [2.24, 2.45) is 0 Å². The number of fused-ring (bicyclic) bond motifs is 1. The second-order valence-electron chi connectivity index (χ2n) is 8.14. The van der Waals surface area contributed by atoms with Crippen LogP contribution in [-0.2, 0) is 11.2 Å². The lowest BCUT2D eigenvalue weighted by Gasteiger charge is -2.37. The van der Waals surface area contributed by atoms with Gasteiger partial charge in [-0.05, 0) is 49.4 Å². The number of aromatic hydroxyl groups is 1. The predicted octanol–water partition coefficient (Wildman–Crippen LogP) is 2.65. The minimum Gasteiger partial charge on any atom is -0.494 e. The van der Waals surface area contributed by atoms with E-state index in [0.29, 0.717) is 18.7 Å². The number of carbonyl (C=O) groups is 1. The molecule has 1 aromatic heterocycles. The number of nitrogens with one attached hydrogen (secondary N) is 1. The minimum atomic E-state index is -0.788. The molecule has 7 heteroatoms. The standard InChI is InChI=1S/C24H25N3O4/c1-13-11-14(2)20(15(3)12-13)27-23(30)19(22(29)25-24(27)31)21-18-8-6-5-7-17(18)9-10-26(21)16(4)28/h5-8,11-12,21,30H,9-10H2,1-4H3,(H,25,29,31). The molecule has 1 amide bonds. The second kappa shape index (κ2) is 7.58. The summed E-state index contributed by atoms with van der Waals surface area (Å²) in [5.74, 6) is -0.657. The van der Waals surface area contributed by atoms with Crippen molar-refractivity contribution in [2.45, 2.75) is 40.2 Å². The van der Waals surface area contributed by atoms with E-state index in [9.17, 15) is 19.5 Å². The smallest absolute Gasteiger partial charge is 0.335 e. The molecule has 1 aliphatic rings. The van der Waals surface area contributed by atoms with Crippen LogP contribution in [-0.4, -0.2) is 32.0 Å². The summed E-state index contributed by atoms with van der Waals surface area (Å²) in [4.78, 5) is 42.2. The summed E-state index contributed by atoms with van der Waals surface area (Å²) in [5, 5.41) is 11.3. The van der Waals surface area contributed by atoms with Gasteiger partial charge in [0.1, 0.15) is 5.56 Å². The molecule has 0 radical (unpaired) electrons. The average Bonchev–Trinajstić information content (AvgIpc) is 2.69. The van der Waals surface area contributed by atoms with Gasteiger partial charge in [-0.3, -0.25) is 14.6 Å². The summed E-state index contributed by atoms with van der Waals surface area (Å²) in [5.41, 5.74) is 3.47. The van der Waals surface area contributed by atoms with E-state index in [1.807, 2.05) is 57.2 Å². The highest BCUT2D eigenvalue weighted by atomic mass is 16.3. The van der Waals surface area contributed by atoms with Gasteiger partial charge in [0.05, 0.1) is 11.7 Å². The number of H-pyrrole nitrogens is 1. The van der Waals surface area contributed by atoms with Gasteiger partial charge in [-0.25, -0.2) is 9.36 Å². The Labute approximate surface area is 179 Å². The van der Waals surface area contributed by atoms with E-state index in [-0.39, 0.29) is 11.5 Å². The second-order valence-corrected chi connectivity index (χ2v) is 8.14. The van der Waals surface area contributed by atoms with Crippen LogP contribution >= 0.6 is 0 Å². The van der Waals surface area contributed by atoms with Crippen molar-refractivity contribution < 1.29 is 9.90 Å². The molecule has 2 aromatic carbocycles. The molecule has 4 rings (SSSR count). The first-order chi connectivity index (χ1) is 14.7. The molecule has 2 N–H and O–H groups in total. The molecule has 1 unspecified atom stereocenters. The molecule has 31 heavy (non-hydrogen) atoms. The molecule has 2 heterocycles. The highest BCUT2D eigenvalue weighted by Crippen LogP contribution is 2.37. The van der Waals surface area contributed by atoms with Gasteiger partial charge >= 0.3 is 5.69 Å². The number of hydrogen-bond acceptors (Lipinski definition) is 4. The van der Waals surface area contributed by atoms with Gasteiger partial charge < -0.3 is 10.0 Å². The maximum Gasteiger partial charge on any atom is 0.335 e. The van der Waals surface area contributed by atoms with Gasteiger partial charge in [0.15, 0.2) is 0 Å². The van der Waals surface area contributed by atoms with Crippen molar-refractivity contribution in [1.29, 1.82) is 0 Å². The van der Waals surface area contributed by atoms with E-state index in [2.05, 4.69) is 4.98 Å². The maximum atomic E-state index is 13.0. The molecule has 0 fully saturated rings. The summed E-state index contributed by atoms with van der Waals surface area (Å²) in [6.07, 6.45) is 0.654. The molecule has 0 bridgehead atoms. The molecule has 0 aliphatic carbocycles. The first-order valence-electron chi connectivity index (χ1n) is 10.2. The van der Waals surface area contributed by atoms with Gasteiger partial charge in [-0.15, -0.1) is 0 Å². The summed E-state index contributed by atoms with van der Waals surface area (Å²) >= 11 is 0. The van der Waals surface area contributed by atoms with Crippen LogP contribution in [0.1, 0.15) is 46.3 Å². The topological polar surface area (TPSA) is 95.4 Å². The Balaban J connectivity index is 2.05. The number of hydrogen-bond donors (Lipinski definition) is 2. The van der Waals surface area contributed by atoms with Crippen LogP contribution in [0.3, 0.4) is 0 Å². The third-order valence-electron chi connectivity index (χ3n) is 5.94. The van der Waals surface area contributed by atoms with Crippen LogP contribution in [0.25, 0.3) is 5.69 Å². The Morgan fingerprint density at radius 2 is 1.74 bits per heavy atom. The molecule has 1 aliphatic heterocycles. The van der Waals surface area contributed by atoms with E-state index in [0.717, 1.165) is 32.4 Å². The Bertz CT molecular complexity index is 1300. The number of aromatic amines is 1. The Morgan fingerprint density at radius 3 is 2.39 bits per heavy atom. The molecule has 0 spiro atoms. The lowest BCUT2D eigenvalue weighted by atomic mass is 9.88. The zero-order valence-corrected chi connectivity index (χ0v) is 18.0. The number of carbonyl (C=O) groups excluding carboxylic acids is 1. The summed E-state index contributed by atoms with van der Waals surface area (Å²) < 4.78 is 1.14. The molecule has 0 saturated carbocycles. The maximum absolute atomic E-state index is 13.0. The van der Waals surface area contributed by atoms with Crippen molar-refractivity contribution in [3.8, 4) is 11.6 Å². The van der Waals surface area contributed by atoms with E-state index in [1.54, 1.807) is 4.90 Å². The van der Waals surface area contributed by atoms with Gasteiger partial charge in [-0.2, -0.15) is 0 Å². The number of benzene rings is 2. The van der Waals surface area contributed by atoms with Crippen LogP contribution in [0.4, 0.5) is 0 Å². The zero-order valence-electron chi connectivity index (χ0n) is 18.0. The third kappa shape index (κ3) is 3.36. The van der Waals surface area contributed by atoms with Crippen molar-refractivity contribution >= 4 is 5.91 Å². The van der Waals surface area contributed by atoms with Crippen LogP contribution in [0.2, 0.25) is 0 Å². The van der Waals surface area contributed by atoms with Crippen LogP contribution in [0, 0.1) is 20.8 Å². The fourth-order valence-corrected chi connectivity index (χ4v) is 4.73. The van der Waals surface area contributed by atoms with E-state index >= 15 is 0 Å². The molecule has 160 valence electrons. The van der Waals surface area contributed by atoms with Crippen LogP contribution in [0.5, 0.6) is 5.88 Å². The van der Waals surface area contributed by atoms with Gasteiger partial charge in [0.25, 0.3) is 5.56 Å². The lowest BCUT2D eigenvalue weighted by molar-refractivity contribution is -0.130. The Hall–Kier alpha value is -3.61. The van der Waals surface area contributed by atoms with Gasteiger partial charge in [0, 0.05) is 13.5 Å². The minimum absolute atomic E-state index is 0.0127. The fourth-order valence-electron chi connectivity index (χ4n) is 4.73. The number of aryl methyl sites for hydroxylation is 3. The fraction of sp³-hybridized carbons (Fsp3) is 0.292. The predicted molar refractivity (Wildman–Crippen MR) is 118 cm³/mol. The summed E-state index contributed by atoms with van der Waals surface area (Å²) in [6.45, 7) is 7.51. The summed E-state index contributed by atoms with van der Waals surface area (Å²) in [6, 6.07) is 10.6.